The third kappa shape index (κ3) is 5.16. The van der Waals surface area contributed by atoms with Crippen molar-refractivity contribution in [3.05, 3.63) is 39.9 Å². The predicted octanol–water partition coefficient (Wildman–Crippen LogP) is 1.84. The second kappa shape index (κ2) is 8.11. The first-order valence-electron chi connectivity index (χ1n) is 6.94. The number of nitrogens with zero attached hydrogens (tertiary/aromatic N) is 1. The number of methoxy groups -OCH3 is 1. The van der Waals surface area contributed by atoms with E-state index in [1.54, 1.807) is 6.07 Å². The minimum atomic E-state index is -0.750. The molecule has 22 heavy (non-hydrogen) atoms. The standard InChI is InChI=1S/C15H20N2O5/c1-10(2)8-12(15(19)22-3)16-14(18)9-11-6-4-5-7-13(11)17(20)21/h4-7,10,12H,8-9H2,1-3H3,(H,16,18). The van der Waals surface area contributed by atoms with Crippen molar-refractivity contribution in [2.75, 3.05) is 7.11 Å². The van der Waals surface area contributed by atoms with E-state index in [0.717, 1.165) is 0 Å². The Balaban J connectivity index is 2.79. The molecule has 1 rings (SSSR count). The summed E-state index contributed by atoms with van der Waals surface area (Å²) in [7, 11) is 1.25. The third-order valence-corrected chi connectivity index (χ3v) is 3.07. The Labute approximate surface area is 128 Å². The number of esters is 1. The highest BCUT2D eigenvalue weighted by Crippen LogP contribution is 2.18. The number of benzene rings is 1. The molecule has 1 N–H and O–H groups in total. The van der Waals surface area contributed by atoms with E-state index in [2.05, 4.69) is 10.1 Å². The van der Waals surface area contributed by atoms with Crippen molar-refractivity contribution < 1.29 is 19.2 Å². The molecular weight excluding hydrogens is 288 g/mol. The van der Waals surface area contributed by atoms with E-state index in [1.807, 2.05) is 13.8 Å². The fourth-order valence-electron chi connectivity index (χ4n) is 2.08. The van der Waals surface area contributed by atoms with Crippen LogP contribution in [0.25, 0.3) is 0 Å². The maximum atomic E-state index is 12.1. The van der Waals surface area contributed by atoms with Gasteiger partial charge in [0.15, 0.2) is 0 Å². The number of hydrogen-bond acceptors (Lipinski definition) is 5. The van der Waals surface area contributed by atoms with Crippen LogP contribution in [0.1, 0.15) is 25.8 Å². The van der Waals surface area contributed by atoms with Crippen LogP contribution in [0.5, 0.6) is 0 Å². The monoisotopic (exact) mass is 308 g/mol. The first-order valence-corrected chi connectivity index (χ1v) is 6.94. The number of amides is 1. The summed E-state index contributed by atoms with van der Waals surface area (Å²) in [4.78, 5) is 34.1. The van der Waals surface area contributed by atoms with Crippen molar-refractivity contribution in [3.63, 3.8) is 0 Å². The Morgan fingerprint density at radius 3 is 2.50 bits per heavy atom. The minimum Gasteiger partial charge on any atom is -0.467 e. The summed E-state index contributed by atoms with van der Waals surface area (Å²) in [6, 6.07) is 5.28. The molecule has 0 bridgehead atoms. The first-order chi connectivity index (χ1) is 10.3. The van der Waals surface area contributed by atoms with Crippen LogP contribution in [-0.4, -0.2) is 30.0 Å². The van der Waals surface area contributed by atoms with Crippen molar-refractivity contribution >= 4 is 17.6 Å². The van der Waals surface area contributed by atoms with Gasteiger partial charge in [-0.2, -0.15) is 0 Å². The first kappa shape index (κ1) is 17.6. The average Bonchev–Trinajstić information content (AvgIpc) is 2.45. The lowest BCUT2D eigenvalue weighted by molar-refractivity contribution is -0.385. The number of ether oxygens (including phenoxy) is 1. The Bertz CT molecular complexity index is 557. The van der Waals surface area contributed by atoms with Crippen molar-refractivity contribution in [1.29, 1.82) is 0 Å². The summed E-state index contributed by atoms with van der Waals surface area (Å²) in [6.45, 7) is 3.84. The molecule has 1 aromatic carbocycles. The van der Waals surface area contributed by atoms with Gasteiger partial charge in [-0.15, -0.1) is 0 Å². The summed E-state index contributed by atoms with van der Waals surface area (Å²) in [6.07, 6.45) is 0.276. The molecule has 0 fully saturated rings. The SMILES string of the molecule is COC(=O)C(CC(C)C)NC(=O)Cc1ccccc1[N+](=O)[O-]. The predicted molar refractivity (Wildman–Crippen MR) is 80.2 cm³/mol. The number of carbonyl (C=O) groups excluding carboxylic acids is 2. The third-order valence-electron chi connectivity index (χ3n) is 3.07. The number of nitro benzene ring substituents is 1. The maximum absolute atomic E-state index is 12.1. The van der Waals surface area contributed by atoms with E-state index in [-0.39, 0.29) is 18.0 Å². The largest absolute Gasteiger partial charge is 0.467 e. The molecule has 7 heteroatoms. The molecular formula is C15H20N2O5. The fourth-order valence-corrected chi connectivity index (χ4v) is 2.08. The molecule has 0 heterocycles. The Hall–Kier alpha value is -2.44. The zero-order valence-corrected chi connectivity index (χ0v) is 12.9. The van der Waals surface area contributed by atoms with Crippen LogP contribution in [0.4, 0.5) is 5.69 Å². The molecule has 120 valence electrons. The van der Waals surface area contributed by atoms with Crippen LogP contribution >= 0.6 is 0 Å². The second-order valence-corrected chi connectivity index (χ2v) is 5.34. The van der Waals surface area contributed by atoms with Gasteiger partial charge in [0, 0.05) is 11.6 Å². The van der Waals surface area contributed by atoms with Gasteiger partial charge in [0.1, 0.15) is 6.04 Å². The van der Waals surface area contributed by atoms with Gasteiger partial charge in [0.25, 0.3) is 5.69 Å². The molecule has 0 saturated carbocycles. The molecule has 0 aliphatic carbocycles. The highest BCUT2D eigenvalue weighted by atomic mass is 16.6. The summed E-state index contributed by atoms with van der Waals surface area (Å²) < 4.78 is 4.66. The van der Waals surface area contributed by atoms with E-state index < -0.39 is 22.8 Å². The molecule has 1 atom stereocenters. The molecule has 0 aliphatic heterocycles. The summed E-state index contributed by atoms with van der Waals surface area (Å²) >= 11 is 0. The van der Waals surface area contributed by atoms with Crippen molar-refractivity contribution in [3.8, 4) is 0 Å². The smallest absolute Gasteiger partial charge is 0.328 e. The van der Waals surface area contributed by atoms with Crippen LogP contribution in [-0.2, 0) is 20.7 Å². The number of nitro groups is 1. The summed E-state index contributed by atoms with van der Waals surface area (Å²) in [5.74, 6) is -0.787. The van der Waals surface area contributed by atoms with E-state index in [0.29, 0.717) is 12.0 Å². The van der Waals surface area contributed by atoms with E-state index in [4.69, 9.17) is 0 Å². The maximum Gasteiger partial charge on any atom is 0.328 e. The van der Waals surface area contributed by atoms with Gasteiger partial charge in [-0.25, -0.2) is 4.79 Å². The number of nitrogens with one attached hydrogen (secondary N) is 1. The van der Waals surface area contributed by atoms with E-state index >= 15 is 0 Å². The summed E-state index contributed by atoms with van der Waals surface area (Å²) in [5.41, 5.74) is 0.189. The number of para-hydroxylation sites is 1. The number of carbonyl (C=O) groups is 2. The van der Waals surface area contributed by atoms with Crippen LogP contribution < -0.4 is 5.32 Å². The Morgan fingerprint density at radius 2 is 1.95 bits per heavy atom. The normalized spacial score (nSPS) is 11.8. The lowest BCUT2D eigenvalue weighted by Crippen LogP contribution is -2.43. The Kier molecular flexibility index (Phi) is 6.49. The average molecular weight is 308 g/mol. The van der Waals surface area contributed by atoms with Gasteiger partial charge in [-0.05, 0) is 12.3 Å². The molecule has 0 radical (unpaired) electrons. The number of hydrogen-bond donors (Lipinski definition) is 1. The lowest BCUT2D eigenvalue weighted by Gasteiger charge is -2.18. The van der Waals surface area contributed by atoms with Crippen LogP contribution in [0.2, 0.25) is 0 Å². The van der Waals surface area contributed by atoms with Crippen LogP contribution in [0.3, 0.4) is 0 Å². The highest BCUT2D eigenvalue weighted by molar-refractivity contribution is 5.86. The van der Waals surface area contributed by atoms with Crippen LogP contribution in [0.15, 0.2) is 24.3 Å². The van der Waals surface area contributed by atoms with Crippen molar-refractivity contribution in [2.24, 2.45) is 5.92 Å². The van der Waals surface area contributed by atoms with Gasteiger partial charge >= 0.3 is 5.97 Å². The minimum absolute atomic E-state index is 0.115. The van der Waals surface area contributed by atoms with Gasteiger partial charge in [0.05, 0.1) is 18.5 Å². The summed E-state index contributed by atoms with van der Waals surface area (Å²) in [5, 5.41) is 13.5. The van der Waals surface area contributed by atoms with E-state index in [9.17, 15) is 19.7 Å². The topological polar surface area (TPSA) is 98.5 Å². The number of rotatable bonds is 7. The molecule has 7 nitrogen and oxygen atoms in total. The zero-order chi connectivity index (χ0) is 16.7. The lowest BCUT2D eigenvalue weighted by atomic mass is 10.0. The molecule has 1 aromatic rings. The van der Waals surface area contributed by atoms with E-state index in [1.165, 1.54) is 25.3 Å². The van der Waals surface area contributed by atoms with Gasteiger partial charge in [-0.1, -0.05) is 32.0 Å². The van der Waals surface area contributed by atoms with Crippen molar-refractivity contribution in [2.45, 2.75) is 32.7 Å². The molecule has 1 amide bonds. The van der Waals surface area contributed by atoms with Crippen molar-refractivity contribution in [1.82, 2.24) is 5.32 Å². The van der Waals surface area contributed by atoms with Gasteiger partial charge in [-0.3, -0.25) is 14.9 Å². The molecule has 1 unspecified atom stereocenters. The molecule has 0 aromatic heterocycles. The quantitative estimate of drug-likeness (QED) is 0.471. The van der Waals surface area contributed by atoms with Crippen LogP contribution in [0, 0.1) is 16.0 Å². The fraction of sp³-hybridized carbons (Fsp3) is 0.467. The highest BCUT2D eigenvalue weighted by Gasteiger charge is 2.24. The van der Waals surface area contributed by atoms with Gasteiger partial charge < -0.3 is 10.1 Å². The Morgan fingerprint density at radius 1 is 1.32 bits per heavy atom. The molecule has 0 aliphatic rings. The zero-order valence-electron chi connectivity index (χ0n) is 12.9. The van der Waals surface area contributed by atoms with Gasteiger partial charge in [0.2, 0.25) is 5.91 Å². The molecule has 0 saturated heterocycles. The molecule has 0 spiro atoms. The second-order valence-electron chi connectivity index (χ2n) is 5.34.